The molecule has 10 nitrogen and oxygen atoms in total. The van der Waals surface area contributed by atoms with Crippen LogP contribution in [0.4, 0.5) is 5.82 Å². The first-order valence-corrected chi connectivity index (χ1v) is 10.9. The van der Waals surface area contributed by atoms with E-state index in [2.05, 4.69) is 32.2 Å². The Balaban J connectivity index is 1.56. The van der Waals surface area contributed by atoms with E-state index in [0.29, 0.717) is 11.1 Å². The molecule has 3 aromatic rings. The van der Waals surface area contributed by atoms with Crippen LogP contribution in [0.25, 0.3) is 11.1 Å². The van der Waals surface area contributed by atoms with Crippen molar-refractivity contribution in [1.82, 2.24) is 20.2 Å². The third-order valence-corrected chi connectivity index (χ3v) is 5.17. The zero-order valence-corrected chi connectivity index (χ0v) is 19.1. The van der Waals surface area contributed by atoms with Crippen LogP contribution in [0.15, 0.2) is 48.9 Å². The minimum atomic E-state index is -2.69. The quantitative estimate of drug-likeness (QED) is 0.267. The van der Waals surface area contributed by atoms with Crippen LogP contribution in [-0.2, 0) is 5.97 Å². The number of pyridine rings is 1. The van der Waals surface area contributed by atoms with Gasteiger partial charge in [0.1, 0.15) is 5.60 Å². The monoisotopic (exact) mass is 464 g/mol. The highest BCUT2D eigenvalue weighted by molar-refractivity contribution is 5.66. The molecule has 0 amide bonds. The Kier molecular flexibility index (Phi) is 6.45. The normalized spacial score (nSPS) is 14.4. The summed E-state index contributed by atoms with van der Waals surface area (Å²) in [5.74, 6) is 2.80. The Morgan fingerprint density at radius 2 is 1.85 bits per heavy atom. The molecule has 0 bridgehead atoms. The van der Waals surface area contributed by atoms with Gasteiger partial charge < -0.3 is 31.1 Å². The highest BCUT2D eigenvalue weighted by Gasteiger charge is 2.30. The number of aromatic nitrogens is 3. The topological polar surface area (TPSA) is 142 Å². The highest BCUT2D eigenvalue weighted by Crippen LogP contribution is 2.31. The van der Waals surface area contributed by atoms with Crippen LogP contribution in [0.3, 0.4) is 0 Å². The lowest BCUT2D eigenvalue weighted by Gasteiger charge is -2.28. The summed E-state index contributed by atoms with van der Waals surface area (Å²) in [6.45, 7) is 6.57. The van der Waals surface area contributed by atoms with Gasteiger partial charge in [0.25, 0.3) is 0 Å². The Morgan fingerprint density at radius 1 is 1.09 bits per heavy atom. The van der Waals surface area contributed by atoms with E-state index in [9.17, 15) is 15.3 Å². The Hall–Kier alpha value is -3.62. The number of piperazine rings is 1. The average Bonchev–Trinajstić information content (AvgIpc) is 3.30. The van der Waals surface area contributed by atoms with Gasteiger partial charge in [-0.25, -0.2) is 4.98 Å². The Morgan fingerprint density at radius 3 is 2.59 bits per heavy atom. The number of hydrogen-bond acceptors (Lipinski definition) is 9. The SMILES string of the molecule is CC(C)(O)C#Cc1cccc(C(O)(O)Oc2cc(-c3cnn(N4CCNCC4)c3)cnc2N)c1. The van der Waals surface area contributed by atoms with Crippen molar-refractivity contribution in [3.05, 3.63) is 60.0 Å². The third kappa shape index (κ3) is 5.65. The first kappa shape index (κ1) is 23.5. The van der Waals surface area contributed by atoms with Gasteiger partial charge in [-0.1, -0.05) is 17.9 Å². The van der Waals surface area contributed by atoms with Crippen LogP contribution in [0.1, 0.15) is 25.0 Å². The van der Waals surface area contributed by atoms with Crippen molar-refractivity contribution in [2.24, 2.45) is 0 Å². The molecule has 2 aromatic heterocycles. The Labute approximate surface area is 197 Å². The maximum Gasteiger partial charge on any atom is 0.351 e. The molecule has 34 heavy (non-hydrogen) atoms. The van der Waals surface area contributed by atoms with Crippen LogP contribution in [0, 0.1) is 11.8 Å². The van der Waals surface area contributed by atoms with Crippen LogP contribution in [0.2, 0.25) is 0 Å². The minimum absolute atomic E-state index is 0.00342. The smallest absolute Gasteiger partial charge is 0.351 e. The van der Waals surface area contributed by atoms with E-state index in [-0.39, 0.29) is 17.1 Å². The van der Waals surface area contributed by atoms with Crippen molar-refractivity contribution in [2.45, 2.75) is 25.4 Å². The molecule has 3 heterocycles. The summed E-state index contributed by atoms with van der Waals surface area (Å²) in [5.41, 5.74) is 6.74. The maximum absolute atomic E-state index is 10.7. The summed E-state index contributed by atoms with van der Waals surface area (Å²) in [6.07, 6.45) is 5.15. The molecule has 1 aromatic carbocycles. The lowest BCUT2D eigenvalue weighted by molar-refractivity contribution is -0.303. The van der Waals surface area contributed by atoms with Gasteiger partial charge in [0.05, 0.1) is 18.0 Å². The standard InChI is InChI=1S/C24H28N6O4/c1-23(2,31)7-6-17-4-3-5-20(12-17)24(32,33)34-21-13-18(14-27-22(21)25)19-15-28-30(16-19)29-10-8-26-9-11-29/h3-5,12-16,26,31-33H,8-11H2,1-2H3,(H2,25,27). The predicted octanol–water partition coefficient (Wildman–Crippen LogP) is 0.365. The van der Waals surface area contributed by atoms with Crippen LogP contribution in [0.5, 0.6) is 5.75 Å². The van der Waals surface area contributed by atoms with Gasteiger partial charge in [-0.15, -0.1) is 0 Å². The number of aliphatic hydroxyl groups is 3. The number of nitrogens with one attached hydrogen (secondary N) is 1. The summed E-state index contributed by atoms with van der Waals surface area (Å²) < 4.78 is 5.48. The molecule has 0 atom stereocenters. The molecule has 10 heteroatoms. The van der Waals surface area contributed by atoms with Gasteiger partial charge in [0.15, 0.2) is 11.6 Å². The molecule has 178 valence electrons. The second-order valence-electron chi connectivity index (χ2n) is 8.56. The van der Waals surface area contributed by atoms with Crippen molar-refractivity contribution < 1.29 is 20.1 Å². The van der Waals surface area contributed by atoms with Crippen molar-refractivity contribution in [1.29, 1.82) is 0 Å². The predicted molar refractivity (Wildman–Crippen MR) is 127 cm³/mol. The van der Waals surface area contributed by atoms with Crippen LogP contribution < -0.4 is 20.8 Å². The third-order valence-electron chi connectivity index (χ3n) is 5.17. The first-order chi connectivity index (χ1) is 16.1. The van der Waals surface area contributed by atoms with Crippen molar-refractivity contribution in [3.63, 3.8) is 0 Å². The molecule has 0 spiro atoms. The molecular formula is C24H28N6O4. The number of hydrogen-bond donors (Lipinski definition) is 5. The number of rotatable bonds is 5. The van der Waals surface area contributed by atoms with E-state index in [1.165, 1.54) is 12.1 Å². The summed E-state index contributed by atoms with van der Waals surface area (Å²) >= 11 is 0. The number of nitrogens with zero attached hydrogens (tertiary/aromatic N) is 4. The van der Waals surface area contributed by atoms with Gasteiger partial charge in [0.2, 0.25) is 0 Å². The molecule has 0 radical (unpaired) electrons. The van der Waals surface area contributed by atoms with E-state index in [1.54, 1.807) is 49.2 Å². The van der Waals surface area contributed by atoms with Crippen molar-refractivity contribution in [3.8, 4) is 28.7 Å². The number of benzene rings is 1. The molecule has 6 N–H and O–H groups in total. The van der Waals surface area contributed by atoms with E-state index >= 15 is 0 Å². The summed E-state index contributed by atoms with van der Waals surface area (Å²) in [6, 6.07) is 7.83. The molecule has 0 unspecified atom stereocenters. The van der Waals surface area contributed by atoms with E-state index < -0.39 is 11.6 Å². The van der Waals surface area contributed by atoms with E-state index in [4.69, 9.17) is 10.5 Å². The number of ether oxygens (including phenoxy) is 1. The zero-order chi connectivity index (χ0) is 24.3. The average molecular weight is 465 g/mol. The van der Waals surface area contributed by atoms with Gasteiger partial charge in [-0.05, 0) is 38.1 Å². The molecular weight excluding hydrogens is 436 g/mol. The zero-order valence-electron chi connectivity index (χ0n) is 19.1. The lowest BCUT2D eigenvalue weighted by Crippen LogP contribution is -2.49. The van der Waals surface area contributed by atoms with E-state index in [1.807, 2.05) is 6.20 Å². The highest BCUT2D eigenvalue weighted by atomic mass is 16.8. The van der Waals surface area contributed by atoms with Gasteiger partial charge >= 0.3 is 5.97 Å². The second kappa shape index (κ2) is 9.32. The fourth-order valence-corrected chi connectivity index (χ4v) is 3.41. The Bertz CT molecular complexity index is 1220. The molecule has 1 fully saturated rings. The van der Waals surface area contributed by atoms with Crippen molar-refractivity contribution in [2.75, 3.05) is 36.9 Å². The summed E-state index contributed by atoms with van der Waals surface area (Å²) in [7, 11) is 0. The molecule has 0 saturated carbocycles. The van der Waals surface area contributed by atoms with Crippen molar-refractivity contribution >= 4 is 5.82 Å². The largest absolute Gasteiger partial charge is 0.432 e. The number of nitrogens with two attached hydrogens (primary N) is 1. The lowest BCUT2D eigenvalue weighted by atomic mass is 10.1. The van der Waals surface area contributed by atoms with Crippen LogP contribution >= 0.6 is 0 Å². The molecule has 1 aliphatic rings. The first-order valence-electron chi connectivity index (χ1n) is 10.9. The molecule has 1 saturated heterocycles. The number of anilines is 1. The molecule has 4 rings (SSSR count). The van der Waals surface area contributed by atoms with Crippen LogP contribution in [-0.4, -0.2) is 62.0 Å². The fourth-order valence-electron chi connectivity index (χ4n) is 3.41. The summed E-state index contributed by atoms with van der Waals surface area (Å²) in [4.78, 5) is 5.94. The number of nitrogen functional groups attached to an aromatic ring is 1. The molecule has 1 aliphatic heterocycles. The van der Waals surface area contributed by atoms with Gasteiger partial charge in [0, 0.05) is 49.1 Å². The molecule has 0 aliphatic carbocycles. The maximum atomic E-state index is 10.7. The summed E-state index contributed by atoms with van der Waals surface area (Å²) in [5, 5.41) is 41.0. The van der Waals surface area contributed by atoms with E-state index in [0.717, 1.165) is 31.7 Å². The van der Waals surface area contributed by atoms with Gasteiger partial charge in [-0.3, -0.25) is 5.01 Å². The fraction of sp³-hybridized carbons (Fsp3) is 0.333. The van der Waals surface area contributed by atoms with Gasteiger partial charge in [-0.2, -0.15) is 9.89 Å². The minimum Gasteiger partial charge on any atom is -0.432 e. The second-order valence-corrected chi connectivity index (χ2v) is 8.56.